The second-order valence-corrected chi connectivity index (χ2v) is 12.5. The number of nitrogens with one attached hydrogen (secondary N) is 3. The lowest BCUT2D eigenvalue weighted by Gasteiger charge is -2.38. The summed E-state index contributed by atoms with van der Waals surface area (Å²) in [5.41, 5.74) is -0.664. The zero-order valence-electron chi connectivity index (χ0n) is 22.4. The summed E-state index contributed by atoms with van der Waals surface area (Å²) < 4.78 is 0. The van der Waals surface area contributed by atoms with E-state index in [1.165, 1.54) is 7.05 Å². The zero-order valence-corrected chi connectivity index (χ0v) is 22.4. The molecule has 0 aromatic carbocycles. The minimum atomic E-state index is -0.910. The predicted octanol–water partition coefficient (Wildman–Crippen LogP) is 1.26. The highest BCUT2D eigenvalue weighted by molar-refractivity contribution is 6.38. The van der Waals surface area contributed by atoms with Crippen LogP contribution in [0.1, 0.15) is 67.7 Å². The Bertz CT molecular complexity index is 902. The molecule has 0 radical (unpaired) electrons. The third-order valence-electron chi connectivity index (χ3n) is 8.03. The Kier molecular flexibility index (Phi) is 7.40. The molecule has 196 valence electrons. The SMILES string of the molecule is CNC(=O)C(=O)C(CC1CC1)NC(=O)C1C2C(CN1C(=O)[C@@H](NC(=O)C(C)C)C(C)(C)C)C2(C)C. The van der Waals surface area contributed by atoms with E-state index in [1.807, 2.05) is 20.8 Å². The summed E-state index contributed by atoms with van der Waals surface area (Å²) in [5.74, 6) is -2.13. The highest BCUT2D eigenvalue weighted by Gasteiger charge is 2.70. The second kappa shape index (κ2) is 9.54. The van der Waals surface area contributed by atoms with Gasteiger partial charge >= 0.3 is 0 Å². The van der Waals surface area contributed by atoms with E-state index in [9.17, 15) is 24.0 Å². The Labute approximate surface area is 208 Å². The van der Waals surface area contributed by atoms with Gasteiger partial charge in [0, 0.05) is 19.5 Å². The monoisotopic (exact) mass is 490 g/mol. The fraction of sp³-hybridized carbons (Fsp3) is 0.808. The van der Waals surface area contributed by atoms with Gasteiger partial charge < -0.3 is 20.9 Å². The predicted molar refractivity (Wildman–Crippen MR) is 131 cm³/mol. The fourth-order valence-electron chi connectivity index (χ4n) is 5.39. The van der Waals surface area contributed by atoms with Crippen molar-refractivity contribution in [1.82, 2.24) is 20.9 Å². The van der Waals surface area contributed by atoms with E-state index < -0.39 is 41.1 Å². The molecule has 35 heavy (non-hydrogen) atoms. The smallest absolute Gasteiger partial charge is 0.289 e. The third-order valence-corrected chi connectivity index (χ3v) is 8.03. The lowest BCUT2D eigenvalue weighted by molar-refractivity contribution is -0.147. The molecule has 3 fully saturated rings. The van der Waals surface area contributed by atoms with Crippen LogP contribution in [0.25, 0.3) is 0 Å². The first kappa shape index (κ1) is 27.1. The van der Waals surface area contributed by atoms with Crippen LogP contribution in [0.3, 0.4) is 0 Å². The van der Waals surface area contributed by atoms with Crippen LogP contribution >= 0.6 is 0 Å². The summed E-state index contributed by atoms with van der Waals surface area (Å²) in [6, 6.07) is -2.45. The molecule has 4 unspecified atom stereocenters. The Balaban J connectivity index is 1.85. The molecule has 9 nitrogen and oxygen atoms in total. The van der Waals surface area contributed by atoms with Gasteiger partial charge in [-0.05, 0) is 35.0 Å². The number of carbonyl (C=O) groups excluding carboxylic acids is 5. The van der Waals surface area contributed by atoms with Gasteiger partial charge in [0.25, 0.3) is 5.91 Å². The van der Waals surface area contributed by atoms with Crippen molar-refractivity contribution in [1.29, 1.82) is 0 Å². The number of hydrogen-bond donors (Lipinski definition) is 3. The minimum absolute atomic E-state index is 0.0375. The molecule has 1 aliphatic heterocycles. The first-order chi connectivity index (χ1) is 16.1. The molecule has 1 heterocycles. The number of amides is 4. The number of carbonyl (C=O) groups is 5. The minimum Gasteiger partial charge on any atom is -0.353 e. The topological polar surface area (TPSA) is 125 Å². The number of rotatable bonds is 9. The van der Waals surface area contributed by atoms with Crippen LogP contribution in [0.5, 0.6) is 0 Å². The van der Waals surface area contributed by atoms with Gasteiger partial charge in [-0.3, -0.25) is 24.0 Å². The van der Waals surface area contributed by atoms with E-state index >= 15 is 0 Å². The molecule has 1 saturated heterocycles. The Morgan fingerprint density at radius 1 is 1.03 bits per heavy atom. The molecular weight excluding hydrogens is 448 g/mol. The van der Waals surface area contributed by atoms with Gasteiger partial charge in [-0.25, -0.2) is 0 Å². The summed E-state index contributed by atoms with van der Waals surface area (Å²) in [6.07, 6.45) is 2.37. The molecule has 5 atom stereocenters. The summed E-state index contributed by atoms with van der Waals surface area (Å²) in [6.45, 7) is 13.8. The summed E-state index contributed by atoms with van der Waals surface area (Å²) in [4.78, 5) is 66.3. The van der Waals surface area contributed by atoms with Crippen molar-refractivity contribution in [2.75, 3.05) is 13.6 Å². The van der Waals surface area contributed by atoms with Crippen LogP contribution in [0.15, 0.2) is 0 Å². The first-order valence-electron chi connectivity index (χ1n) is 12.8. The largest absolute Gasteiger partial charge is 0.353 e. The van der Waals surface area contributed by atoms with E-state index in [0.717, 1.165) is 12.8 Å². The highest BCUT2D eigenvalue weighted by atomic mass is 16.2. The standard InChI is InChI=1S/C26H42N4O5/c1-13(2)21(32)29-20(25(3,4)5)24(35)30-12-15-17(26(15,6)7)18(30)22(33)28-16(11-14-9-10-14)19(31)23(34)27-8/h13-18,20H,9-12H2,1-8H3,(H,27,34)(H,28,33)(H,29,32)/t15?,16?,17?,18?,20-/m1/s1. The van der Waals surface area contributed by atoms with E-state index in [1.54, 1.807) is 18.7 Å². The van der Waals surface area contributed by atoms with Gasteiger partial charge in [-0.1, -0.05) is 61.3 Å². The quantitative estimate of drug-likeness (QED) is 0.420. The summed E-state index contributed by atoms with van der Waals surface area (Å²) in [5, 5.41) is 8.07. The van der Waals surface area contributed by atoms with Crippen LogP contribution in [0.2, 0.25) is 0 Å². The van der Waals surface area contributed by atoms with E-state index in [-0.39, 0.29) is 35.0 Å². The van der Waals surface area contributed by atoms with E-state index in [2.05, 4.69) is 29.8 Å². The number of Topliss-reactive ketones (excluding diaryl/α,β-unsaturated/α-hetero) is 1. The molecule has 2 saturated carbocycles. The maximum absolute atomic E-state index is 13.8. The number of fused-ring (bicyclic) bond motifs is 1. The Morgan fingerprint density at radius 2 is 1.63 bits per heavy atom. The zero-order chi connectivity index (χ0) is 26.5. The van der Waals surface area contributed by atoms with Crippen molar-refractivity contribution in [2.24, 2.45) is 34.5 Å². The molecule has 0 bridgehead atoms. The van der Waals surface area contributed by atoms with Crippen molar-refractivity contribution in [3.8, 4) is 0 Å². The van der Waals surface area contributed by atoms with Gasteiger partial charge in [0.05, 0.1) is 6.04 Å². The van der Waals surface area contributed by atoms with Crippen molar-refractivity contribution in [3.05, 3.63) is 0 Å². The maximum atomic E-state index is 13.8. The number of ketones is 1. The van der Waals surface area contributed by atoms with Crippen molar-refractivity contribution >= 4 is 29.4 Å². The number of likely N-dealkylation sites (N-methyl/N-ethyl adjacent to an activating group) is 1. The normalized spacial score (nSPS) is 26.4. The second-order valence-electron chi connectivity index (χ2n) is 12.5. The van der Waals surface area contributed by atoms with Crippen molar-refractivity contribution in [2.45, 2.75) is 85.9 Å². The van der Waals surface area contributed by atoms with Gasteiger partial charge in [0.15, 0.2) is 0 Å². The molecule has 0 aromatic rings. The number of likely N-dealkylation sites (tertiary alicyclic amines) is 1. The van der Waals surface area contributed by atoms with Crippen LogP contribution in [0, 0.1) is 34.5 Å². The number of nitrogens with zero attached hydrogens (tertiary/aromatic N) is 1. The summed E-state index contributed by atoms with van der Waals surface area (Å²) >= 11 is 0. The van der Waals surface area contributed by atoms with Crippen LogP contribution in [-0.4, -0.2) is 66.0 Å². The molecule has 2 aliphatic carbocycles. The van der Waals surface area contributed by atoms with Crippen LogP contribution in [0.4, 0.5) is 0 Å². The highest BCUT2D eigenvalue weighted by Crippen LogP contribution is 2.65. The molecular formula is C26H42N4O5. The molecule has 9 heteroatoms. The van der Waals surface area contributed by atoms with E-state index in [0.29, 0.717) is 18.9 Å². The molecule has 4 amide bonds. The lowest BCUT2D eigenvalue weighted by Crippen LogP contribution is -2.60. The number of hydrogen-bond acceptors (Lipinski definition) is 5. The molecule has 3 N–H and O–H groups in total. The third kappa shape index (κ3) is 5.54. The average Bonchev–Trinajstić information content (AvgIpc) is 3.61. The molecule has 3 rings (SSSR count). The fourth-order valence-corrected chi connectivity index (χ4v) is 5.39. The Hall–Kier alpha value is -2.45. The van der Waals surface area contributed by atoms with Crippen molar-refractivity contribution < 1.29 is 24.0 Å². The van der Waals surface area contributed by atoms with Gasteiger partial charge in [0.1, 0.15) is 12.1 Å². The van der Waals surface area contributed by atoms with E-state index in [4.69, 9.17) is 0 Å². The molecule has 0 spiro atoms. The van der Waals surface area contributed by atoms with Gasteiger partial charge in [0.2, 0.25) is 23.5 Å². The average molecular weight is 491 g/mol. The first-order valence-corrected chi connectivity index (χ1v) is 12.8. The van der Waals surface area contributed by atoms with Crippen LogP contribution in [-0.2, 0) is 24.0 Å². The molecule has 3 aliphatic rings. The number of piperidine rings is 1. The van der Waals surface area contributed by atoms with Crippen LogP contribution < -0.4 is 16.0 Å². The van der Waals surface area contributed by atoms with Gasteiger partial charge in [-0.15, -0.1) is 0 Å². The lowest BCUT2D eigenvalue weighted by atomic mass is 9.84. The van der Waals surface area contributed by atoms with Crippen molar-refractivity contribution in [3.63, 3.8) is 0 Å². The van der Waals surface area contributed by atoms with Gasteiger partial charge in [-0.2, -0.15) is 0 Å². The summed E-state index contributed by atoms with van der Waals surface area (Å²) in [7, 11) is 1.39. The molecule has 0 aromatic heterocycles. The Morgan fingerprint density at radius 3 is 2.11 bits per heavy atom. The maximum Gasteiger partial charge on any atom is 0.289 e.